The molecule has 3 N–H and O–H groups in total. The van der Waals surface area contributed by atoms with Crippen LogP contribution in [0.25, 0.3) is 21.8 Å². The fourth-order valence-electron chi connectivity index (χ4n) is 4.07. The molecule has 0 aliphatic carbocycles. The summed E-state index contributed by atoms with van der Waals surface area (Å²) < 4.78 is 11.3. The van der Waals surface area contributed by atoms with E-state index in [0.717, 1.165) is 35.0 Å². The molecule has 0 saturated carbocycles. The number of aliphatic hydroxyl groups excluding tert-OH is 1. The van der Waals surface area contributed by atoms with Gasteiger partial charge in [-0.15, -0.1) is 0 Å². The van der Waals surface area contributed by atoms with Crippen molar-refractivity contribution in [3.05, 3.63) is 42.5 Å². The summed E-state index contributed by atoms with van der Waals surface area (Å²) in [6, 6.07) is 14.4. The predicted octanol–water partition coefficient (Wildman–Crippen LogP) is 4.05. The number of hydrogen-bond acceptors (Lipinski definition) is 5. The number of H-pyrrole nitrogens is 1. The topological polar surface area (TPSA) is 86.8 Å². The number of aliphatic hydroxyl groups is 1. The van der Waals surface area contributed by atoms with E-state index in [9.17, 15) is 9.90 Å². The molecule has 1 atom stereocenters. The zero-order chi connectivity index (χ0) is 22.7. The number of carbonyl (C=O) groups excluding carboxylic acids is 1. The molecule has 0 radical (unpaired) electrons. The van der Waals surface area contributed by atoms with Gasteiger partial charge >= 0.3 is 6.09 Å². The molecule has 1 aromatic heterocycles. The molecule has 3 aromatic rings. The van der Waals surface area contributed by atoms with Crippen molar-refractivity contribution in [1.29, 1.82) is 0 Å². The largest absolute Gasteiger partial charge is 0.491 e. The summed E-state index contributed by atoms with van der Waals surface area (Å²) in [5.41, 5.74) is 1.64. The second-order valence-electron chi connectivity index (χ2n) is 9.49. The maximum Gasteiger partial charge on any atom is 0.410 e. The second-order valence-corrected chi connectivity index (χ2v) is 9.49. The van der Waals surface area contributed by atoms with Gasteiger partial charge in [0.15, 0.2) is 0 Å². The van der Waals surface area contributed by atoms with Crippen LogP contribution < -0.4 is 10.1 Å². The Morgan fingerprint density at radius 1 is 1.16 bits per heavy atom. The van der Waals surface area contributed by atoms with Crippen LogP contribution in [0.3, 0.4) is 0 Å². The number of fused-ring (bicyclic) bond motifs is 3. The van der Waals surface area contributed by atoms with Crippen molar-refractivity contribution in [2.24, 2.45) is 0 Å². The first-order valence-electron chi connectivity index (χ1n) is 11.3. The zero-order valence-corrected chi connectivity index (χ0v) is 19.1. The van der Waals surface area contributed by atoms with Crippen LogP contribution >= 0.6 is 0 Å². The van der Waals surface area contributed by atoms with Crippen molar-refractivity contribution in [2.75, 3.05) is 26.2 Å². The van der Waals surface area contributed by atoms with Crippen molar-refractivity contribution >= 4 is 27.9 Å². The number of ether oxygens (including phenoxy) is 2. The lowest BCUT2D eigenvalue weighted by Crippen LogP contribution is -2.48. The van der Waals surface area contributed by atoms with E-state index in [-0.39, 0.29) is 18.7 Å². The average Bonchev–Trinajstić information content (AvgIpc) is 3.13. The molecular weight excluding hydrogens is 406 g/mol. The highest BCUT2D eigenvalue weighted by Crippen LogP contribution is 2.28. The van der Waals surface area contributed by atoms with Gasteiger partial charge in [-0.3, -0.25) is 0 Å². The third kappa shape index (κ3) is 5.53. The van der Waals surface area contributed by atoms with Gasteiger partial charge in [0.05, 0.1) is 5.52 Å². The Bertz CT molecular complexity index is 1060. The third-order valence-electron chi connectivity index (χ3n) is 5.71. The SMILES string of the molecule is CC(C)(C)OC(=O)N1CCC(NC[C@H](O)COc2ccc3c(c2)[nH]c2ccccc23)CC1. The van der Waals surface area contributed by atoms with Gasteiger partial charge in [-0.1, -0.05) is 18.2 Å². The Hall–Kier alpha value is -2.77. The molecule has 1 fully saturated rings. The number of nitrogens with zero attached hydrogens (tertiary/aromatic N) is 1. The fraction of sp³-hybridized carbons (Fsp3) is 0.480. The lowest BCUT2D eigenvalue weighted by molar-refractivity contribution is 0.0192. The lowest BCUT2D eigenvalue weighted by atomic mass is 10.1. The number of piperidine rings is 1. The summed E-state index contributed by atoms with van der Waals surface area (Å²) in [6.07, 6.45) is 0.807. The summed E-state index contributed by atoms with van der Waals surface area (Å²) in [5, 5.41) is 16.1. The number of hydrogen-bond donors (Lipinski definition) is 3. The Kier molecular flexibility index (Phi) is 6.58. The monoisotopic (exact) mass is 439 g/mol. The quantitative estimate of drug-likeness (QED) is 0.539. The highest BCUT2D eigenvalue weighted by Gasteiger charge is 2.26. The van der Waals surface area contributed by atoms with Gasteiger partial charge in [-0.25, -0.2) is 4.79 Å². The fourth-order valence-corrected chi connectivity index (χ4v) is 4.07. The highest BCUT2D eigenvalue weighted by atomic mass is 16.6. The van der Waals surface area contributed by atoms with Crippen molar-refractivity contribution in [1.82, 2.24) is 15.2 Å². The first kappa shape index (κ1) is 22.4. The lowest BCUT2D eigenvalue weighted by Gasteiger charge is -2.34. The highest BCUT2D eigenvalue weighted by molar-refractivity contribution is 6.07. The molecule has 1 saturated heterocycles. The van der Waals surface area contributed by atoms with Crippen LogP contribution in [0.2, 0.25) is 0 Å². The van der Waals surface area contributed by atoms with Gasteiger partial charge in [-0.05, 0) is 51.8 Å². The Balaban J connectivity index is 1.21. The predicted molar refractivity (Wildman–Crippen MR) is 126 cm³/mol. The molecule has 172 valence electrons. The second kappa shape index (κ2) is 9.38. The number of benzene rings is 2. The molecule has 2 aromatic carbocycles. The molecule has 1 amide bonds. The molecule has 4 rings (SSSR count). The van der Waals surface area contributed by atoms with Gasteiger partial charge in [0.25, 0.3) is 0 Å². The molecule has 32 heavy (non-hydrogen) atoms. The maximum atomic E-state index is 12.2. The van der Waals surface area contributed by atoms with Crippen LogP contribution in [0.15, 0.2) is 42.5 Å². The van der Waals surface area contributed by atoms with Crippen LogP contribution in [-0.2, 0) is 4.74 Å². The average molecular weight is 440 g/mol. The van der Waals surface area contributed by atoms with E-state index in [2.05, 4.69) is 22.4 Å². The van der Waals surface area contributed by atoms with Gasteiger partial charge in [0, 0.05) is 48.0 Å². The maximum absolute atomic E-state index is 12.2. The summed E-state index contributed by atoms with van der Waals surface area (Å²) >= 11 is 0. The van der Waals surface area contributed by atoms with E-state index >= 15 is 0 Å². The number of aromatic nitrogens is 1. The number of rotatable bonds is 6. The minimum absolute atomic E-state index is 0.218. The first-order chi connectivity index (χ1) is 15.3. The summed E-state index contributed by atoms with van der Waals surface area (Å²) in [6.45, 7) is 7.61. The van der Waals surface area contributed by atoms with E-state index in [1.807, 2.05) is 51.1 Å². The van der Waals surface area contributed by atoms with Crippen molar-refractivity contribution in [2.45, 2.75) is 51.4 Å². The smallest absolute Gasteiger partial charge is 0.410 e. The van der Waals surface area contributed by atoms with Gasteiger partial charge in [-0.2, -0.15) is 0 Å². The first-order valence-corrected chi connectivity index (χ1v) is 11.3. The minimum Gasteiger partial charge on any atom is -0.491 e. The van der Waals surface area contributed by atoms with Crippen LogP contribution in [0.4, 0.5) is 4.79 Å². The van der Waals surface area contributed by atoms with Gasteiger partial charge in [0.2, 0.25) is 0 Å². The standard InChI is InChI=1S/C25H33N3O4/c1-25(2,3)32-24(30)28-12-10-17(11-13-28)26-15-18(29)16-31-19-8-9-21-20-6-4-5-7-22(20)27-23(21)14-19/h4-9,14,17-18,26-27,29H,10-13,15-16H2,1-3H3/t18-/m0/s1. The van der Waals surface area contributed by atoms with E-state index < -0.39 is 11.7 Å². The molecule has 1 aliphatic rings. The molecule has 1 aliphatic heterocycles. The normalized spacial score (nSPS) is 16.4. The van der Waals surface area contributed by atoms with E-state index in [1.54, 1.807) is 4.90 Å². The van der Waals surface area contributed by atoms with Gasteiger partial charge < -0.3 is 29.8 Å². The molecule has 7 heteroatoms. The van der Waals surface area contributed by atoms with Crippen molar-refractivity contribution in [3.8, 4) is 5.75 Å². The van der Waals surface area contributed by atoms with E-state index in [1.165, 1.54) is 5.39 Å². The van der Waals surface area contributed by atoms with Gasteiger partial charge in [0.1, 0.15) is 24.1 Å². The Morgan fingerprint density at radius 3 is 2.62 bits per heavy atom. The third-order valence-corrected chi connectivity index (χ3v) is 5.71. The van der Waals surface area contributed by atoms with Crippen LogP contribution in [0, 0.1) is 0 Å². The number of nitrogens with one attached hydrogen (secondary N) is 2. The Labute approximate surface area is 188 Å². The van der Waals surface area contributed by atoms with Crippen LogP contribution in [0.5, 0.6) is 5.75 Å². The number of para-hydroxylation sites is 1. The summed E-state index contributed by atoms with van der Waals surface area (Å²) in [4.78, 5) is 17.3. The van der Waals surface area contributed by atoms with Crippen LogP contribution in [0.1, 0.15) is 33.6 Å². The van der Waals surface area contributed by atoms with E-state index in [4.69, 9.17) is 9.47 Å². The van der Waals surface area contributed by atoms with Crippen molar-refractivity contribution < 1.29 is 19.4 Å². The molecule has 2 heterocycles. The van der Waals surface area contributed by atoms with Crippen LogP contribution in [-0.4, -0.2) is 65.1 Å². The molecule has 0 bridgehead atoms. The van der Waals surface area contributed by atoms with E-state index in [0.29, 0.717) is 19.6 Å². The minimum atomic E-state index is -0.614. The number of amides is 1. The molecule has 0 spiro atoms. The summed E-state index contributed by atoms with van der Waals surface area (Å²) in [7, 11) is 0. The number of aromatic amines is 1. The number of likely N-dealkylation sites (tertiary alicyclic amines) is 1. The Morgan fingerprint density at radius 2 is 1.88 bits per heavy atom. The molecule has 7 nitrogen and oxygen atoms in total. The molecule has 0 unspecified atom stereocenters. The molecular formula is C25H33N3O4. The zero-order valence-electron chi connectivity index (χ0n) is 19.1. The summed E-state index contributed by atoms with van der Waals surface area (Å²) in [5.74, 6) is 0.730. The van der Waals surface area contributed by atoms with Crippen molar-refractivity contribution in [3.63, 3.8) is 0 Å². The number of carbonyl (C=O) groups is 1.